The summed E-state index contributed by atoms with van der Waals surface area (Å²) in [5.41, 5.74) is 0. The summed E-state index contributed by atoms with van der Waals surface area (Å²) >= 11 is 0. The van der Waals surface area contributed by atoms with Gasteiger partial charge in [0.1, 0.15) is 0 Å². The van der Waals surface area contributed by atoms with E-state index in [1.807, 2.05) is 13.8 Å². The van der Waals surface area contributed by atoms with Gasteiger partial charge in [-0.1, -0.05) is 6.92 Å². The second kappa shape index (κ2) is 9.00. The second-order valence-corrected chi connectivity index (χ2v) is 5.69. The average Bonchev–Trinajstić information content (AvgIpc) is 2.40. The molecule has 1 N–H and O–H groups in total. The summed E-state index contributed by atoms with van der Waals surface area (Å²) in [5, 5.41) is 9.31. The molecule has 21 heavy (non-hydrogen) atoms. The fraction of sp³-hybridized carbons (Fsp3) is 0.867. The maximum absolute atomic E-state index is 12.1. The van der Waals surface area contributed by atoms with Gasteiger partial charge in [0.2, 0.25) is 5.91 Å². The molecule has 6 heteroatoms. The number of ether oxygens (including phenoxy) is 2. The molecule has 1 rings (SSSR count). The van der Waals surface area contributed by atoms with Crippen molar-refractivity contribution in [3.8, 4) is 0 Å². The molecule has 122 valence electrons. The van der Waals surface area contributed by atoms with Crippen molar-refractivity contribution in [2.24, 2.45) is 11.8 Å². The molecule has 6 nitrogen and oxygen atoms in total. The lowest BCUT2D eigenvalue weighted by Gasteiger charge is -2.40. The van der Waals surface area contributed by atoms with Gasteiger partial charge in [-0.05, 0) is 25.7 Å². The van der Waals surface area contributed by atoms with Crippen LogP contribution < -0.4 is 0 Å². The van der Waals surface area contributed by atoms with Crippen LogP contribution in [0, 0.1) is 11.8 Å². The Kier molecular flexibility index (Phi) is 7.67. The van der Waals surface area contributed by atoms with Crippen LogP contribution in [0.5, 0.6) is 0 Å². The fourth-order valence-corrected chi connectivity index (χ4v) is 2.92. The lowest BCUT2D eigenvalue weighted by atomic mass is 9.81. The monoisotopic (exact) mass is 301 g/mol. The number of aliphatic carboxylic acids is 1. The van der Waals surface area contributed by atoms with Crippen LogP contribution in [0.4, 0.5) is 0 Å². The van der Waals surface area contributed by atoms with Crippen molar-refractivity contribution >= 4 is 11.9 Å². The largest absolute Gasteiger partial charge is 0.481 e. The SMILES string of the molecule is COCCOCCCCN1C(=O)CC(C)C(C(=O)O)C1C. The number of methoxy groups -OCH3 is 1. The molecule has 0 aromatic carbocycles. The number of unbranched alkanes of at least 4 members (excludes halogenated alkanes) is 1. The Hall–Kier alpha value is -1.14. The quantitative estimate of drug-likeness (QED) is 0.651. The molecule has 0 spiro atoms. The summed E-state index contributed by atoms with van der Waals surface area (Å²) in [4.78, 5) is 25.1. The van der Waals surface area contributed by atoms with Gasteiger partial charge in [-0.25, -0.2) is 0 Å². The molecular weight excluding hydrogens is 274 g/mol. The van der Waals surface area contributed by atoms with Gasteiger partial charge in [0.25, 0.3) is 0 Å². The van der Waals surface area contributed by atoms with Gasteiger partial charge in [0, 0.05) is 32.7 Å². The predicted octanol–water partition coefficient (Wildman–Crippen LogP) is 1.39. The molecule has 0 saturated carbocycles. The number of amides is 1. The highest BCUT2D eigenvalue weighted by Gasteiger charge is 2.41. The van der Waals surface area contributed by atoms with Gasteiger partial charge in [-0.2, -0.15) is 0 Å². The third kappa shape index (κ3) is 5.28. The van der Waals surface area contributed by atoms with Crippen LogP contribution in [-0.4, -0.2) is 61.4 Å². The van der Waals surface area contributed by atoms with E-state index in [0.29, 0.717) is 32.8 Å². The minimum atomic E-state index is -0.810. The third-order valence-corrected chi connectivity index (χ3v) is 4.10. The minimum Gasteiger partial charge on any atom is -0.481 e. The van der Waals surface area contributed by atoms with Crippen molar-refractivity contribution in [3.63, 3.8) is 0 Å². The van der Waals surface area contributed by atoms with Crippen LogP contribution in [0.3, 0.4) is 0 Å². The molecule has 1 heterocycles. The zero-order valence-corrected chi connectivity index (χ0v) is 13.2. The van der Waals surface area contributed by atoms with Gasteiger partial charge in [-0.15, -0.1) is 0 Å². The zero-order chi connectivity index (χ0) is 15.8. The van der Waals surface area contributed by atoms with Crippen molar-refractivity contribution in [2.75, 3.05) is 33.5 Å². The van der Waals surface area contributed by atoms with E-state index in [-0.39, 0.29) is 17.9 Å². The smallest absolute Gasteiger partial charge is 0.308 e. The van der Waals surface area contributed by atoms with Crippen LogP contribution in [0.15, 0.2) is 0 Å². The molecule has 1 fully saturated rings. The molecule has 0 bridgehead atoms. The summed E-state index contributed by atoms with van der Waals surface area (Å²) in [7, 11) is 1.63. The van der Waals surface area contributed by atoms with Crippen molar-refractivity contribution < 1.29 is 24.2 Å². The molecule has 0 aromatic rings. The number of carbonyl (C=O) groups is 2. The summed E-state index contributed by atoms with van der Waals surface area (Å²) in [6.45, 7) is 6.08. The van der Waals surface area contributed by atoms with E-state index in [1.165, 1.54) is 0 Å². The van der Waals surface area contributed by atoms with Crippen LogP contribution >= 0.6 is 0 Å². The molecule has 1 aliphatic rings. The van der Waals surface area contributed by atoms with Crippen molar-refractivity contribution in [3.05, 3.63) is 0 Å². The van der Waals surface area contributed by atoms with E-state index in [2.05, 4.69) is 0 Å². The third-order valence-electron chi connectivity index (χ3n) is 4.10. The molecular formula is C15H27NO5. The van der Waals surface area contributed by atoms with E-state index >= 15 is 0 Å². The Morgan fingerprint density at radius 3 is 2.62 bits per heavy atom. The first-order chi connectivity index (χ1) is 9.99. The number of hydrogen-bond donors (Lipinski definition) is 1. The zero-order valence-electron chi connectivity index (χ0n) is 13.2. The first-order valence-electron chi connectivity index (χ1n) is 7.58. The number of likely N-dealkylation sites (tertiary alicyclic amines) is 1. The second-order valence-electron chi connectivity index (χ2n) is 5.69. The maximum atomic E-state index is 12.1. The Labute approximate surface area is 126 Å². The minimum absolute atomic E-state index is 0.0628. The lowest BCUT2D eigenvalue weighted by molar-refractivity contribution is -0.154. The standard InChI is InChI=1S/C15H27NO5/c1-11-10-13(17)16(12(2)14(11)15(18)19)6-4-5-7-21-9-8-20-3/h11-12,14H,4-10H2,1-3H3,(H,18,19). The summed E-state index contributed by atoms with van der Waals surface area (Å²) in [5.74, 6) is -1.32. The number of carboxylic acid groups (broad SMARTS) is 1. The molecule has 1 amide bonds. The number of nitrogens with zero attached hydrogens (tertiary/aromatic N) is 1. The normalized spacial score (nSPS) is 26.1. The molecule has 0 aromatic heterocycles. The van der Waals surface area contributed by atoms with Gasteiger partial charge >= 0.3 is 5.97 Å². The maximum Gasteiger partial charge on any atom is 0.308 e. The van der Waals surface area contributed by atoms with Crippen LogP contribution in [0.2, 0.25) is 0 Å². The first kappa shape index (κ1) is 17.9. The van der Waals surface area contributed by atoms with E-state index in [9.17, 15) is 14.7 Å². The van der Waals surface area contributed by atoms with Crippen molar-refractivity contribution in [1.82, 2.24) is 4.90 Å². The Morgan fingerprint density at radius 1 is 1.29 bits per heavy atom. The fourth-order valence-electron chi connectivity index (χ4n) is 2.92. The van der Waals surface area contributed by atoms with E-state index in [1.54, 1.807) is 12.0 Å². The highest BCUT2D eigenvalue weighted by Crippen LogP contribution is 2.30. The Balaban J connectivity index is 2.35. The summed E-state index contributed by atoms with van der Waals surface area (Å²) in [6, 6.07) is -0.242. The molecule has 3 unspecified atom stereocenters. The topological polar surface area (TPSA) is 76.1 Å². The van der Waals surface area contributed by atoms with Crippen LogP contribution in [-0.2, 0) is 19.1 Å². The average molecular weight is 301 g/mol. The van der Waals surface area contributed by atoms with Crippen LogP contribution in [0.1, 0.15) is 33.1 Å². The highest BCUT2D eigenvalue weighted by atomic mass is 16.5. The van der Waals surface area contributed by atoms with E-state index < -0.39 is 11.9 Å². The first-order valence-corrected chi connectivity index (χ1v) is 7.58. The van der Waals surface area contributed by atoms with Crippen molar-refractivity contribution in [1.29, 1.82) is 0 Å². The molecule has 0 radical (unpaired) electrons. The molecule has 0 aliphatic carbocycles. The number of piperidine rings is 1. The van der Waals surface area contributed by atoms with Gasteiger partial charge in [-0.3, -0.25) is 9.59 Å². The molecule has 1 saturated heterocycles. The van der Waals surface area contributed by atoms with Gasteiger partial charge in [0.05, 0.1) is 19.1 Å². The van der Waals surface area contributed by atoms with Crippen LogP contribution in [0.25, 0.3) is 0 Å². The van der Waals surface area contributed by atoms with Crippen molar-refractivity contribution in [2.45, 2.75) is 39.2 Å². The van der Waals surface area contributed by atoms with E-state index in [4.69, 9.17) is 9.47 Å². The Morgan fingerprint density at radius 2 is 2.00 bits per heavy atom. The van der Waals surface area contributed by atoms with E-state index in [0.717, 1.165) is 12.8 Å². The summed E-state index contributed by atoms with van der Waals surface area (Å²) in [6.07, 6.45) is 2.00. The molecule has 1 aliphatic heterocycles. The number of carbonyl (C=O) groups excluding carboxylic acids is 1. The van der Waals surface area contributed by atoms with Gasteiger partial charge in [0.15, 0.2) is 0 Å². The lowest BCUT2D eigenvalue weighted by Crippen LogP contribution is -2.52. The number of rotatable bonds is 9. The predicted molar refractivity (Wildman–Crippen MR) is 78.0 cm³/mol. The number of hydrogen-bond acceptors (Lipinski definition) is 4. The molecule has 3 atom stereocenters. The number of carboxylic acids is 1. The van der Waals surface area contributed by atoms with Gasteiger partial charge < -0.3 is 19.5 Å². The summed E-state index contributed by atoms with van der Waals surface area (Å²) < 4.78 is 10.3. The Bertz CT molecular complexity index is 347. The highest BCUT2D eigenvalue weighted by molar-refractivity contribution is 5.81.